The zero-order valence-corrected chi connectivity index (χ0v) is 17.0. The molecule has 3 rings (SSSR count). The second-order valence-corrected chi connectivity index (χ2v) is 8.29. The van der Waals surface area contributed by atoms with Crippen molar-refractivity contribution in [2.45, 2.75) is 26.7 Å². The number of aromatic nitrogens is 1. The number of likely N-dealkylation sites (N-methyl/N-ethyl adjacent to an activating group) is 1. The number of imide groups is 1. The van der Waals surface area contributed by atoms with Crippen molar-refractivity contribution in [3.05, 3.63) is 23.3 Å². The fourth-order valence-electron chi connectivity index (χ4n) is 2.97. The summed E-state index contributed by atoms with van der Waals surface area (Å²) in [5, 5.41) is 0.611. The highest BCUT2D eigenvalue weighted by Gasteiger charge is 2.33. The molecule has 0 radical (unpaired) electrons. The Morgan fingerprint density at radius 2 is 1.81 bits per heavy atom. The molecular formula is C19H25N4O3S+. The lowest BCUT2D eigenvalue weighted by Crippen LogP contribution is -3.06. The Morgan fingerprint density at radius 1 is 1.19 bits per heavy atom. The first-order valence-corrected chi connectivity index (χ1v) is 9.88. The van der Waals surface area contributed by atoms with E-state index in [1.807, 2.05) is 27.1 Å². The lowest BCUT2D eigenvalue weighted by molar-refractivity contribution is -0.856. The number of anilines is 1. The van der Waals surface area contributed by atoms with Gasteiger partial charge in [-0.25, -0.2) is 4.98 Å². The molecule has 27 heavy (non-hydrogen) atoms. The highest BCUT2D eigenvalue weighted by atomic mass is 32.1. The average Bonchev–Trinajstić information content (AvgIpc) is 3.13. The summed E-state index contributed by atoms with van der Waals surface area (Å²) in [6.07, 6.45) is 0.376. The standard InChI is InChI=1S/C19H24N4O3S/c1-12-9-14-15(10-13(12)2)27-19(20-14)22(8-7-21(3)4)18(26)11-23-16(24)5-6-17(23)25/h9-10H,5-8,11H2,1-4H3/p+1. The molecule has 1 aliphatic rings. The van der Waals surface area contributed by atoms with Crippen LogP contribution in [0.4, 0.5) is 5.13 Å². The number of carbonyl (C=O) groups is 3. The average molecular weight is 390 g/mol. The molecule has 0 atom stereocenters. The van der Waals surface area contributed by atoms with Crippen molar-refractivity contribution in [1.29, 1.82) is 0 Å². The van der Waals surface area contributed by atoms with Crippen molar-refractivity contribution in [2.75, 3.05) is 38.6 Å². The zero-order valence-electron chi connectivity index (χ0n) is 16.2. The van der Waals surface area contributed by atoms with Crippen LogP contribution in [0.2, 0.25) is 0 Å². The van der Waals surface area contributed by atoms with E-state index in [2.05, 4.69) is 18.0 Å². The molecule has 0 saturated carbocycles. The van der Waals surface area contributed by atoms with Gasteiger partial charge in [0.2, 0.25) is 17.7 Å². The Balaban J connectivity index is 1.89. The fraction of sp³-hybridized carbons (Fsp3) is 0.474. The summed E-state index contributed by atoms with van der Waals surface area (Å²) >= 11 is 1.46. The zero-order chi connectivity index (χ0) is 19.7. The van der Waals surface area contributed by atoms with Gasteiger partial charge in [-0.1, -0.05) is 11.3 Å². The largest absolute Gasteiger partial charge is 0.338 e. The predicted molar refractivity (Wildman–Crippen MR) is 105 cm³/mol. The Hall–Kier alpha value is -2.32. The monoisotopic (exact) mass is 389 g/mol. The van der Waals surface area contributed by atoms with Crippen LogP contribution >= 0.6 is 11.3 Å². The van der Waals surface area contributed by atoms with Gasteiger partial charge in [0, 0.05) is 12.8 Å². The normalized spacial score (nSPS) is 14.6. The van der Waals surface area contributed by atoms with E-state index in [0.717, 1.165) is 27.2 Å². The Bertz CT molecular complexity index is 851. The van der Waals surface area contributed by atoms with Gasteiger partial charge < -0.3 is 4.90 Å². The number of likely N-dealkylation sites (tertiary alicyclic amines) is 1. The molecule has 8 heteroatoms. The molecule has 1 aromatic heterocycles. The molecule has 0 spiro atoms. The molecule has 1 aromatic carbocycles. The minimum atomic E-state index is -0.276. The fourth-order valence-corrected chi connectivity index (χ4v) is 4.05. The molecule has 1 fully saturated rings. The van der Waals surface area contributed by atoms with E-state index in [1.165, 1.54) is 21.8 Å². The van der Waals surface area contributed by atoms with E-state index in [-0.39, 0.29) is 37.1 Å². The number of carbonyl (C=O) groups excluding carboxylic acids is 3. The maximum Gasteiger partial charge on any atom is 0.249 e. The summed E-state index contributed by atoms with van der Waals surface area (Å²) in [6, 6.07) is 4.11. The Kier molecular flexibility index (Phi) is 5.57. The predicted octanol–water partition coefficient (Wildman–Crippen LogP) is 0.540. The number of quaternary nitrogens is 1. The van der Waals surface area contributed by atoms with Gasteiger partial charge in [-0.05, 0) is 37.1 Å². The van der Waals surface area contributed by atoms with Crippen molar-refractivity contribution >= 4 is 44.4 Å². The number of hydrogen-bond donors (Lipinski definition) is 1. The van der Waals surface area contributed by atoms with Crippen molar-refractivity contribution in [3.8, 4) is 0 Å². The van der Waals surface area contributed by atoms with Crippen LogP contribution in [-0.2, 0) is 14.4 Å². The van der Waals surface area contributed by atoms with Crippen LogP contribution in [0.25, 0.3) is 10.2 Å². The van der Waals surface area contributed by atoms with Crippen molar-refractivity contribution < 1.29 is 19.3 Å². The lowest BCUT2D eigenvalue weighted by Gasteiger charge is -2.23. The van der Waals surface area contributed by atoms with E-state index in [0.29, 0.717) is 11.7 Å². The number of fused-ring (bicyclic) bond motifs is 1. The molecule has 2 aromatic rings. The highest BCUT2D eigenvalue weighted by molar-refractivity contribution is 7.22. The number of amides is 3. The number of hydrogen-bond acceptors (Lipinski definition) is 5. The first kappa shape index (κ1) is 19.4. The first-order chi connectivity index (χ1) is 12.8. The summed E-state index contributed by atoms with van der Waals surface area (Å²) < 4.78 is 1.02. The lowest BCUT2D eigenvalue weighted by atomic mass is 10.1. The second-order valence-electron chi connectivity index (χ2n) is 7.28. The number of aryl methyl sites for hydroxylation is 2. The molecule has 3 amide bonds. The van der Waals surface area contributed by atoms with Crippen molar-refractivity contribution in [3.63, 3.8) is 0 Å². The summed E-state index contributed by atoms with van der Waals surface area (Å²) in [5.41, 5.74) is 3.20. The topological polar surface area (TPSA) is 75.0 Å². The second kappa shape index (κ2) is 7.74. The van der Waals surface area contributed by atoms with Crippen molar-refractivity contribution in [2.24, 2.45) is 0 Å². The number of nitrogens with zero attached hydrogens (tertiary/aromatic N) is 3. The van der Waals surface area contributed by atoms with Gasteiger partial charge >= 0.3 is 0 Å². The van der Waals surface area contributed by atoms with Gasteiger partial charge in [-0.2, -0.15) is 0 Å². The van der Waals surface area contributed by atoms with Gasteiger partial charge in [0.05, 0.1) is 37.4 Å². The molecule has 0 aliphatic carbocycles. The van der Waals surface area contributed by atoms with Crippen LogP contribution in [0.5, 0.6) is 0 Å². The third-order valence-electron chi connectivity index (χ3n) is 4.81. The maximum absolute atomic E-state index is 13.0. The van der Waals surface area contributed by atoms with Gasteiger partial charge in [0.1, 0.15) is 6.54 Å². The quantitative estimate of drug-likeness (QED) is 0.732. The van der Waals surface area contributed by atoms with Crippen LogP contribution in [-0.4, -0.2) is 61.3 Å². The van der Waals surface area contributed by atoms with E-state index in [1.54, 1.807) is 4.90 Å². The van der Waals surface area contributed by atoms with Gasteiger partial charge in [0.15, 0.2) is 5.13 Å². The number of rotatable bonds is 6. The molecule has 1 N–H and O–H groups in total. The third kappa shape index (κ3) is 4.17. The molecule has 144 valence electrons. The minimum Gasteiger partial charge on any atom is -0.338 e. The first-order valence-electron chi connectivity index (χ1n) is 9.06. The molecule has 1 saturated heterocycles. The molecule has 1 aliphatic heterocycles. The van der Waals surface area contributed by atoms with Crippen LogP contribution < -0.4 is 9.80 Å². The summed E-state index contributed by atoms with van der Waals surface area (Å²) in [5.74, 6) is -0.823. The highest BCUT2D eigenvalue weighted by Crippen LogP contribution is 2.31. The van der Waals surface area contributed by atoms with Crippen LogP contribution in [0, 0.1) is 13.8 Å². The maximum atomic E-state index is 13.0. The van der Waals surface area contributed by atoms with Crippen LogP contribution in [0.1, 0.15) is 24.0 Å². The number of benzene rings is 1. The molecule has 2 heterocycles. The van der Waals surface area contributed by atoms with Gasteiger partial charge in [0.25, 0.3) is 0 Å². The van der Waals surface area contributed by atoms with Crippen LogP contribution in [0.3, 0.4) is 0 Å². The van der Waals surface area contributed by atoms with E-state index in [9.17, 15) is 14.4 Å². The molecular weight excluding hydrogens is 364 g/mol. The number of thiazole rings is 1. The van der Waals surface area contributed by atoms with Crippen molar-refractivity contribution in [1.82, 2.24) is 9.88 Å². The molecule has 0 unspecified atom stereocenters. The summed E-state index contributed by atoms with van der Waals surface area (Å²) in [6.45, 7) is 5.10. The van der Waals surface area contributed by atoms with Gasteiger partial charge in [-0.3, -0.25) is 24.2 Å². The molecule has 7 nitrogen and oxygen atoms in total. The third-order valence-corrected chi connectivity index (χ3v) is 5.85. The van der Waals surface area contributed by atoms with Gasteiger partial charge in [-0.15, -0.1) is 0 Å². The van der Waals surface area contributed by atoms with Crippen LogP contribution in [0.15, 0.2) is 12.1 Å². The summed E-state index contributed by atoms with van der Waals surface area (Å²) in [7, 11) is 4.03. The SMILES string of the molecule is Cc1cc2nc(N(CC[NH+](C)C)C(=O)CN3C(=O)CCC3=O)sc2cc1C. The van der Waals surface area contributed by atoms with E-state index in [4.69, 9.17) is 0 Å². The Morgan fingerprint density at radius 3 is 2.44 bits per heavy atom. The number of nitrogens with one attached hydrogen (secondary N) is 1. The Labute approximate surface area is 162 Å². The smallest absolute Gasteiger partial charge is 0.249 e. The van der Waals surface area contributed by atoms with E-state index < -0.39 is 0 Å². The van der Waals surface area contributed by atoms with E-state index >= 15 is 0 Å². The summed E-state index contributed by atoms with van der Waals surface area (Å²) in [4.78, 5) is 45.2. The minimum absolute atomic E-state index is 0.188. The molecule has 0 bridgehead atoms.